The van der Waals surface area contributed by atoms with Crippen molar-refractivity contribution in [2.75, 3.05) is 7.11 Å². The molecular weight excluding hydrogens is 382 g/mol. The number of allylic oxidation sites excluding steroid dienone is 3. The average molecular weight is 400 g/mol. The molecule has 0 unspecified atom stereocenters. The van der Waals surface area contributed by atoms with Gasteiger partial charge in [0.25, 0.3) is 0 Å². The summed E-state index contributed by atoms with van der Waals surface area (Å²) >= 11 is 6.05. The molecule has 0 fully saturated rings. The van der Waals surface area contributed by atoms with Gasteiger partial charge in [0, 0.05) is 34.0 Å². The topological polar surface area (TPSA) is 85.6 Å². The second-order valence-electron chi connectivity index (χ2n) is 6.92. The second kappa shape index (κ2) is 6.95. The number of dihydropyridines is 1. The zero-order chi connectivity index (χ0) is 20.0. The summed E-state index contributed by atoms with van der Waals surface area (Å²) in [5, 5.41) is 3.86. The molecule has 0 saturated heterocycles. The van der Waals surface area contributed by atoms with Crippen molar-refractivity contribution in [3.05, 3.63) is 67.8 Å². The number of ether oxygens (including phenoxy) is 1. The molecule has 0 bridgehead atoms. The molecule has 2 heterocycles. The number of benzene rings is 1. The van der Waals surface area contributed by atoms with Crippen molar-refractivity contribution < 1.29 is 18.7 Å². The molecule has 1 atom stereocenters. The fraction of sp³-hybridized carbons (Fsp3) is 0.286. The van der Waals surface area contributed by atoms with Gasteiger partial charge in [-0.1, -0.05) is 11.6 Å². The zero-order valence-corrected chi connectivity index (χ0v) is 16.2. The van der Waals surface area contributed by atoms with Crippen molar-refractivity contribution in [3.8, 4) is 0 Å². The van der Waals surface area contributed by atoms with E-state index in [0.29, 0.717) is 40.1 Å². The Bertz CT molecular complexity index is 1140. The van der Waals surface area contributed by atoms with E-state index >= 15 is 0 Å². The maximum Gasteiger partial charge on any atom is 0.336 e. The van der Waals surface area contributed by atoms with Crippen LogP contribution in [0.3, 0.4) is 0 Å². The van der Waals surface area contributed by atoms with E-state index in [0.717, 1.165) is 12.1 Å². The molecule has 144 valence electrons. The summed E-state index contributed by atoms with van der Waals surface area (Å²) in [6, 6.07) is 4.77. The third-order valence-corrected chi connectivity index (χ3v) is 5.49. The van der Waals surface area contributed by atoms with Crippen LogP contribution < -0.4 is 10.7 Å². The molecule has 1 aliphatic heterocycles. The number of nitrogens with one attached hydrogen (secondary N) is 1. The van der Waals surface area contributed by atoms with Crippen molar-refractivity contribution >= 4 is 34.3 Å². The summed E-state index contributed by atoms with van der Waals surface area (Å²) in [4.78, 5) is 38.6. The van der Waals surface area contributed by atoms with E-state index in [2.05, 4.69) is 5.32 Å². The largest absolute Gasteiger partial charge is 0.466 e. The Kier molecular flexibility index (Phi) is 4.59. The molecule has 1 N–H and O–H groups in total. The van der Waals surface area contributed by atoms with Crippen LogP contribution in [-0.4, -0.2) is 18.9 Å². The molecule has 0 radical (unpaired) electrons. The zero-order valence-electron chi connectivity index (χ0n) is 15.4. The average Bonchev–Trinajstić information content (AvgIpc) is 2.67. The van der Waals surface area contributed by atoms with Gasteiger partial charge in [0.15, 0.2) is 11.2 Å². The van der Waals surface area contributed by atoms with E-state index in [1.165, 1.54) is 19.4 Å². The monoisotopic (exact) mass is 399 g/mol. The smallest absolute Gasteiger partial charge is 0.336 e. The number of carbonyl (C=O) groups is 2. The Morgan fingerprint density at radius 1 is 1.29 bits per heavy atom. The van der Waals surface area contributed by atoms with E-state index in [1.54, 1.807) is 19.1 Å². The van der Waals surface area contributed by atoms with Crippen molar-refractivity contribution in [1.82, 2.24) is 5.32 Å². The van der Waals surface area contributed by atoms with Crippen LogP contribution in [0.2, 0.25) is 5.02 Å². The standard InChI is InChI=1S/C21H18ClNO5/c1-10-17(21(26)27-2)18(19-14(23-10)4-3-5-15(19)24)13-9-28-16-7-6-11(22)8-12(16)20(13)25/h6-9,18,23H,3-5H2,1-2H3/t18-/m1/s1. The summed E-state index contributed by atoms with van der Waals surface area (Å²) in [5.41, 5.74) is 2.27. The van der Waals surface area contributed by atoms with Crippen LogP contribution >= 0.6 is 11.6 Å². The minimum atomic E-state index is -0.837. The molecule has 0 saturated carbocycles. The minimum Gasteiger partial charge on any atom is -0.466 e. The van der Waals surface area contributed by atoms with E-state index in [4.69, 9.17) is 20.8 Å². The van der Waals surface area contributed by atoms with Crippen LogP contribution in [-0.2, 0) is 14.3 Å². The molecule has 0 spiro atoms. The summed E-state index contributed by atoms with van der Waals surface area (Å²) in [5.74, 6) is -1.51. The lowest BCUT2D eigenvalue weighted by molar-refractivity contribution is -0.136. The number of halogens is 1. The van der Waals surface area contributed by atoms with E-state index in [1.807, 2.05) is 0 Å². The third-order valence-electron chi connectivity index (χ3n) is 5.25. The number of esters is 1. The van der Waals surface area contributed by atoms with Gasteiger partial charge < -0.3 is 14.5 Å². The van der Waals surface area contributed by atoms with Crippen LogP contribution in [0.15, 0.2) is 56.2 Å². The van der Waals surface area contributed by atoms with Crippen molar-refractivity contribution in [2.24, 2.45) is 0 Å². The Labute approximate surface area is 165 Å². The molecular formula is C21H18ClNO5. The summed E-state index contributed by atoms with van der Waals surface area (Å²) in [6.07, 6.45) is 3.10. The van der Waals surface area contributed by atoms with Gasteiger partial charge >= 0.3 is 5.97 Å². The Morgan fingerprint density at radius 2 is 2.07 bits per heavy atom. The predicted molar refractivity (Wildman–Crippen MR) is 104 cm³/mol. The highest BCUT2D eigenvalue weighted by molar-refractivity contribution is 6.31. The SMILES string of the molecule is COC(=O)C1=C(C)NC2=C(C(=O)CCC2)[C@@H]1c1coc2ccc(Cl)cc2c1=O. The summed E-state index contributed by atoms with van der Waals surface area (Å²) < 4.78 is 10.6. The van der Waals surface area contributed by atoms with Gasteiger partial charge in [-0.3, -0.25) is 9.59 Å². The summed E-state index contributed by atoms with van der Waals surface area (Å²) in [6.45, 7) is 1.74. The molecule has 4 rings (SSSR count). The van der Waals surface area contributed by atoms with E-state index in [-0.39, 0.29) is 22.3 Å². The molecule has 1 aromatic carbocycles. The Hall–Kier alpha value is -2.86. The number of fused-ring (bicyclic) bond motifs is 1. The highest BCUT2D eigenvalue weighted by Gasteiger charge is 2.40. The lowest BCUT2D eigenvalue weighted by atomic mass is 9.75. The van der Waals surface area contributed by atoms with Crippen LogP contribution in [0, 0.1) is 0 Å². The molecule has 28 heavy (non-hydrogen) atoms. The van der Waals surface area contributed by atoms with E-state index < -0.39 is 11.9 Å². The molecule has 1 aliphatic carbocycles. The summed E-state index contributed by atoms with van der Waals surface area (Å²) in [7, 11) is 1.27. The van der Waals surface area contributed by atoms with Gasteiger partial charge in [-0.25, -0.2) is 4.79 Å². The lowest BCUT2D eigenvalue weighted by Gasteiger charge is -2.33. The van der Waals surface area contributed by atoms with Gasteiger partial charge in [0.1, 0.15) is 5.58 Å². The lowest BCUT2D eigenvalue weighted by Crippen LogP contribution is -2.35. The van der Waals surface area contributed by atoms with Crippen molar-refractivity contribution in [2.45, 2.75) is 32.1 Å². The van der Waals surface area contributed by atoms with Gasteiger partial charge in [-0.2, -0.15) is 0 Å². The number of hydrogen-bond acceptors (Lipinski definition) is 6. The molecule has 2 aliphatic rings. The fourth-order valence-corrected chi connectivity index (χ4v) is 4.16. The molecule has 0 amide bonds. The quantitative estimate of drug-likeness (QED) is 0.777. The van der Waals surface area contributed by atoms with Crippen LogP contribution in [0.1, 0.15) is 37.7 Å². The first-order valence-corrected chi connectivity index (χ1v) is 9.33. The first kappa shape index (κ1) is 18.5. The minimum absolute atomic E-state index is 0.0850. The number of hydrogen-bond donors (Lipinski definition) is 1. The highest BCUT2D eigenvalue weighted by Crippen LogP contribution is 2.41. The molecule has 1 aromatic heterocycles. The van der Waals surface area contributed by atoms with Crippen LogP contribution in [0.25, 0.3) is 11.0 Å². The van der Waals surface area contributed by atoms with Crippen LogP contribution in [0.4, 0.5) is 0 Å². The third kappa shape index (κ3) is 2.85. The van der Waals surface area contributed by atoms with Gasteiger partial charge in [-0.05, 0) is 38.0 Å². The predicted octanol–water partition coefficient (Wildman–Crippen LogP) is 3.59. The molecule has 7 heteroatoms. The van der Waals surface area contributed by atoms with Crippen molar-refractivity contribution in [3.63, 3.8) is 0 Å². The molecule has 6 nitrogen and oxygen atoms in total. The molecule has 2 aromatic rings. The number of Topliss-reactive ketones (excluding diaryl/α,β-unsaturated/α-hetero) is 1. The van der Waals surface area contributed by atoms with Crippen LogP contribution in [0.5, 0.6) is 0 Å². The number of carbonyl (C=O) groups excluding carboxylic acids is 2. The van der Waals surface area contributed by atoms with Gasteiger partial charge in [-0.15, -0.1) is 0 Å². The fourth-order valence-electron chi connectivity index (χ4n) is 3.99. The maximum absolute atomic E-state index is 13.3. The Morgan fingerprint density at radius 3 is 2.82 bits per heavy atom. The number of rotatable bonds is 2. The first-order chi connectivity index (χ1) is 13.4. The van der Waals surface area contributed by atoms with Gasteiger partial charge in [0.2, 0.25) is 0 Å². The second-order valence-corrected chi connectivity index (χ2v) is 7.35. The maximum atomic E-state index is 13.3. The first-order valence-electron chi connectivity index (χ1n) is 8.95. The van der Waals surface area contributed by atoms with E-state index in [9.17, 15) is 14.4 Å². The highest BCUT2D eigenvalue weighted by atomic mass is 35.5. The number of ketones is 1. The normalized spacial score (nSPS) is 19.5. The number of methoxy groups -OCH3 is 1. The van der Waals surface area contributed by atoms with Gasteiger partial charge in [0.05, 0.1) is 30.3 Å². The van der Waals surface area contributed by atoms with Crippen molar-refractivity contribution in [1.29, 1.82) is 0 Å². The Balaban J connectivity index is 2.01.